The Morgan fingerprint density at radius 3 is 2.27 bits per heavy atom. The molecule has 0 atom stereocenters. The van der Waals surface area contributed by atoms with Crippen molar-refractivity contribution >= 4 is 29.3 Å². The fourth-order valence-corrected chi connectivity index (χ4v) is 4.14. The Balaban J connectivity index is 2.06. The Morgan fingerprint density at radius 1 is 1.07 bits per heavy atom. The van der Waals surface area contributed by atoms with Gasteiger partial charge in [-0.25, -0.2) is 0 Å². The molecule has 1 heterocycles. The first-order valence-corrected chi connectivity index (χ1v) is 7.43. The third-order valence-electron chi connectivity index (χ3n) is 2.44. The SMILES string of the molecule is O=C(c1ccccc1)C1CSCCSC1. The van der Waals surface area contributed by atoms with Gasteiger partial charge in [0.2, 0.25) is 0 Å². The van der Waals surface area contributed by atoms with Crippen molar-refractivity contribution in [3.05, 3.63) is 35.9 Å². The zero-order valence-corrected chi connectivity index (χ0v) is 10.2. The van der Waals surface area contributed by atoms with E-state index in [1.807, 2.05) is 53.9 Å². The molecule has 1 nitrogen and oxygen atoms in total. The van der Waals surface area contributed by atoms with Crippen LogP contribution in [0.1, 0.15) is 10.4 Å². The van der Waals surface area contributed by atoms with Gasteiger partial charge < -0.3 is 0 Å². The third-order valence-corrected chi connectivity index (χ3v) is 4.96. The second-order valence-corrected chi connectivity index (χ2v) is 5.88. The maximum Gasteiger partial charge on any atom is 0.167 e. The molecule has 0 amide bonds. The summed E-state index contributed by atoms with van der Waals surface area (Å²) in [6, 6.07) is 9.66. The summed E-state index contributed by atoms with van der Waals surface area (Å²) in [6.07, 6.45) is 0. The van der Waals surface area contributed by atoms with Crippen LogP contribution in [0.5, 0.6) is 0 Å². The lowest BCUT2D eigenvalue weighted by Crippen LogP contribution is -2.19. The molecule has 0 saturated carbocycles. The van der Waals surface area contributed by atoms with Gasteiger partial charge in [-0.2, -0.15) is 23.5 Å². The van der Waals surface area contributed by atoms with E-state index >= 15 is 0 Å². The molecule has 80 valence electrons. The molecule has 0 aromatic heterocycles. The normalized spacial score (nSPS) is 18.4. The van der Waals surface area contributed by atoms with Gasteiger partial charge in [-0.15, -0.1) is 0 Å². The van der Waals surface area contributed by atoms with Crippen LogP contribution in [-0.2, 0) is 0 Å². The van der Waals surface area contributed by atoms with E-state index in [9.17, 15) is 4.79 Å². The van der Waals surface area contributed by atoms with E-state index in [-0.39, 0.29) is 5.92 Å². The number of rotatable bonds is 2. The fraction of sp³-hybridized carbons (Fsp3) is 0.417. The highest BCUT2D eigenvalue weighted by Gasteiger charge is 2.21. The standard InChI is InChI=1S/C12H14OS2/c13-12(10-4-2-1-3-5-10)11-8-14-6-7-15-9-11/h1-5,11H,6-9H2. The minimum atomic E-state index is 0.213. The van der Waals surface area contributed by atoms with E-state index in [2.05, 4.69) is 0 Å². The second kappa shape index (κ2) is 5.61. The Kier molecular flexibility index (Phi) is 4.15. The molecule has 0 unspecified atom stereocenters. The molecule has 1 fully saturated rings. The predicted molar refractivity (Wildman–Crippen MR) is 68.9 cm³/mol. The fourth-order valence-electron chi connectivity index (χ4n) is 1.61. The van der Waals surface area contributed by atoms with Crippen LogP contribution in [0.3, 0.4) is 0 Å². The van der Waals surface area contributed by atoms with Crippen LogP contribution < -0.4 is 0 Å². The van der Waals surface area contributed by atoms with Crippen molar-refractivity contribution in [2.45, 2.75) is 0 Å². The zero-order chi connectivity index (χ0) is 10.5. The highest BCUT2D eigenvalue weighted by molar-refractivity contribution is 8.03. The number of thioether (sulfide) groups is 2. The van der Waals surface area contributed by atoms with Crippen molar-refractivity contribution < 1.29 is 4.79 Å². The summed E-state index contributed by atoms with van der Waals surface area (Å²) in [4.78, 5) is 12.1. The summed E-state index contributed by atoms with van der Waals surface area (Å²) < 4.78 is 0. The van der Waals surface area contributed by atoms with Gasteiger partial charge in [0.1, 0.15) is 0 Å². The molecule has 1 aromatic rings. The lowest BCUT2D eigenvalue weighted by molar-refractivity contribution is 0.0944. The number of hydrogen-bond acceptors (Lipinski definition) is 3. The minimum Gasteiger partial charge on any atom is -0.294 e. The average Bonchev–Trinajstić information content (AvgIpc) is 2.58. The van der Waals surface area contributed by atoms with Gasteiger partial charge in [-0.3, -0.25) is 4.79 Å². The van der Waals surface area contributed by atoms with Crippen LogP contribution in [0.15, 0.2) is 30.3 Å². The van der Waals surface area contributed by atoms with Gasteiger partial charge in [0.05, 0.1) is 0 Å². The van der Waals surface area contributed by atoms with Crippen molar-refractivity contribution in [3.63, 3.8) is 0 Å². The Bertz CT molecular complexity index is 316. The molecule has 1 aromatic carbocycles. The molecule has 1 saturated heterocycles. The third kappa shape index (κ3) is 3.02. The first-order valence-electron chi connectivity index (χ1n) is 5.12. The smallest absolute Gasteiger partial charge is 0.167 e. The molecule has 0 bridgehead atoms. The van der Waals surface area contributed by atoms with E-state index in [0.717, 1.165) is 17.1 Å². The van der Waals surface area contributed by atoms with Crippen molar-refractivity contribution in [2.75, 3.05) is 23.0 Å². The Morgan fingerprint density at radius 2 is 1.67 bits per heavy atom. The second-order valence-electron chi connectivity index (χ2n) is 3.58. The summed E-state index contributed by atoms with van der Waals surface area (Å²) in [5.41, 5.74) is 0.866. The van der Waals surface area contributed by atoms with Crippen LogP contribution in [0.2, 0.25) is 0 Å². The molecule has 0 N–H and O–H groups in total. The van der Waals surface area contributed by atoms with Crippen LogP contribution in [-0.4, -0.2) is 28.8 Å². The highest BCUT2D eigenvalue weighted by atomic mass is 32.2. The van der Waals surface area contributed by atoms with Gasteiger partial charge in [-0.05, 0) is 0 Å². The largest absolute Gasteiger partial charge is 0.294 e. The summed E-state index contributed by atoms with van der Waals surface area (Å²) in [5, 5.41) is 0. The maximum atomic E-state index is 12.1. The van der Waals surface area contributed by atoms with Crippen LogP contribution in [0, 0.1) is 5.92 Å². The summed E-state index contributed by atoms with van der Waals surface area (Å²) in [6.45, 7) is 0. The van der Waals surface area contributed by atoms with E-state index in [0.29, 0.717) is 5.78 Å². The van der Waals surface area contributed by atoms with Gasteiger partial charge in [-0.1, -0.05) is 30.3 Å². The van der Waals surface area contributed by atoms with Gasteiger partial charge in [0, 0.05) is 34.5 Å². The molecule has 0 spiro atoms. The van der Waals surface area contributed by atoms with Crippen molar-refractivity contribution in [3.8, 4) is 0 Å². The number of benzene rings is 1. The Labute approximate surface area is 99.0 Å². The van der Waals surface area contributed by atoms with E-state index in [4.69, 9.17) is 0 Å². The molecule has 3 heteroatoms. The van der Waals surface area contributed by atoms with Gasteiger partial charge >= 0.3 is 0 Å². The van der Waals surface area contributed by atoms with Crippen molar-refractivity contribution in [1.82, 2.24) is 0 Å². The quantitative estimate of drug-likeness (QED) is 0.737. The summed E-state index contributed by atoms with van der Waals surface area (Å²) in [7, 11) is 0. The number of carbonyl (C=O) groups excluding carboxylic acids is 1. The molecule has 15 heavy (non-hydrogen) atoms. The van der Waals surface area contributed by atoms with Gasteiger partial charge in [0.15, 0.2) is 5.78 Å². The minimum absolute atomic E-state index is 0.213. The average molecular weight is 238 g/mol. The summed E-state index contributed by atoms with van der Waals surface area (Å²) >= 11 is 3.81. The van der Waals surface area contributed by atoms with Crippen molar-refractivity contribution in [2.24, 2.45) is 5.92 Å². The molecule has 1 aliphatic rings. The monoisotopic (exact) mass is 238 g/mol. The molecule has 2 rings (SSSR count). The topological polar surface area (TPSA) is 17.1 Å². The highest BCUT2D eigenvalue weighted by Crippen LogP contribution is 2.23. The predicted octanol–water partition coefficient (Wildman–Crippen LogP) is 2.97. The van der Waals surface area contributed by atoms with Crippen LogP contribution >= 0.6 is 23.5 Å². The molecule has 0 aliphatic carbocycles. The first kappa shape index (κ1) is 11.1. The number of Topliss-reactive ketones (excluding diaryl/α,β-unsaturated/α-hetero) is 1. The number of carbonyl (C=O) groups is 1. The lowest BCUT2D eigenvalue weighted by atomic mass is 10.0. The van der Waals surface area contributed by atoms with Crippen LogP contribution in [0.4, 0.5) is 0 Å². The van der Waals surface area contributed by atoms with Gasteiger partial charge in [0.25, 0.3) is 0 Å². The lowest BCUT2D eigenvalue weighted by Gasteiger charge is -2.11. The van der Waals surface area contributed by atoms with E-state index < -0.39 is 0 Å². The van der Waals surface area contributed by atoms with E-state index in [1.165, 1.54) is 11.5 Å². The molecule has 0 radical (unpaired) electrons. The zero-order valence-electron chi connectivity index (χ0n) is 8.52. The number of ketones is 1. The van der Waals surface area contributed by atoms with E-state index in [1.54, 1.807) is 0 Å². The Hall–Kier alpha value is -0.410. The molecule has 1 aliphatic heterocycles. The van der Waals surface area contributed by atoms with Crippen LogP contribution in [0.25, 0.3) is 0 Å². The number of hydrogen-bond donors (Lipinski definition) is 0. The maximum absolute atomic E-state index is 12.1. The van der Waals surface area contributed by atoms with Crippen molar-refractivity contribution in [1.29, 1.82) is 0 Å². The molecular weight excluding hydrogens is 224 g/mol. The summed E-state index contributed by atoms with van der Waals surface area (Å²) in [5.74, 6) is 4.87. The first-order chi connectivity index (χ1) is 7.38. The molecular formula is C12H14OS2.